The molecule has 19 heavy (non-hydrogen) atoms. The van der Waals surface area contributed by atoms with Crippen molar-refractivity contribution >= 4 is 17.5 Å². The molecule has 6 nitrogen and oxygen atoms in total. The minimum Gasteiger partial charge on any atom is -0.443 e. The molecule has 0 unspecified atom stereocenters. The summed E-state index contributed by atoms with van der Waals surface area (Å²) in [7, 11) is 0. The summed E-state index contributed by atoms with van der Waals surface area (Å²) in [6.07, 6.45) is 0.0662. The molecule has 0 radical (unpaired) electrons. The van der Waals surface area contributed by atoms with E-state index in [4.69, 9.17) is 4.74 Å². The molecular formula is C13H16N2O4. The Hall–Kier alpha value is -2.11. The highest BCUT2D eigenvalue weighted by atomic mass is 16.6. The van der Waals surface area contributed by atoms with E-state index in [1.165, 1.54) is 11.0 Å². The molecule has 1 amide bonds. The lowest BCUT2D eigenvalue weighted by atomic mass is 10.1. The number of hydrogen-bond donors (Lipinski definition) is 0. The van der Waals surface area contributed by atoms with Crippen molar-refractivity contribution in [2.75, 3.05) is 11.4 Å². The number of nitrogens with zero attached hydrogens (tertiary/aromatic N) is 2. The second-order valence-electron chi connectivity index (χ2n) is 5.42. The molecule has 0 N–H and O–H groups in total. The highest BCUT2D eigenvalue weighted by molar-refractivity contribution is 5.93. The molecule has 2 rings (SSSR count). The summed E-state index contributed by atoms with van der Waals surface area (Å²) in [5, 5.41) is 11.0. The van der Waals surface area contributed by atoms with Crippen LogP contribution < -0.4 is 4.90 Å². The van der Waals surface area contributed by atoms with Crippen molar-refractivity contribution in [1.29, 1.82) is 0 Å². The van der Waals surface area contributed by atoms with Gasteiger partial charge in [0.05, 0.1) is 4.92 Å². The minimum atomic E-state index is -0.622. The van der Waals surface area contributed by atoms with E-state index in [1.807, 2.05) is 0 Å². The van der Waals surface area contributed by atoms with Crippen LogP contribution in [0.15, 0.2) is 18.2 Å². The van der Waals surface area contributed by atoms with Crippen molar-refractivity contribution in [2.24, 2.45) is 0 Å². The molecule has 0 atom stereocenters. The molecule has 1 aliphatic rings. The van der Waals surface area contributed by atoms with Gasteiger partial charge in [-0.1, -0.05) is 12.1 Å². The maximum absolute atomic E-state index is 12.1. The van der Waals surface area contributed by atoms with Crippen LogP contribution in [-0.2, 0) is 11.2 Å². The van der Waals surface area contributed by atoms with E-state index < -0.39 is 16.6 Å². The quantitative estimate of drug-likeness (QED) is 0.577. The predicted octanol–water partition coefficient (Wildman–Crippen LogP) is 2.89. The Bertz CT molecular complexity index is 534. The summed E-state index contributed by atoms with van der Waals surface area (Å²) in [6.45, 7) is 5.71. The first-order valence-electron chi connectivity index (χ1n) is 6.06. The lowest BCUT2D eigenvalue weighted by Gasteiger charge is -2.24. The standard InChI is InChI=1S/C13H16N2O4/c1-13(2,3)19-12(16)14-8-7-9-5-4-6-10(11(9)14)15(17)18/h4-6H,7-8H2,1-3H3. The summed E-state index contributed by atoms with van der Waals surface area (Å²) in [5.41, 5.74) is 0.492. The Morgan fingerprint density at radius 1 is 1.42 bits per heavy atom. The first-order valence-corrected chi connectivity index (χ1v) is 6.06. The Morgan fingerprint density at radius 3 is 2.68 bits per heavy atom. The van der Waals surface area contributed by atoms with Gasteiger partial charge in [-0.2, -0.15) is 0 Å². The van der Waals surface area contributed by atoms with Gasteiger partial charge in [-0.25, -0.2) is 4.79 Å². The number of fused-ring (bicyclic) bond motifs is 1. The topological polar surface area (TPSA) is 72.7 Å². The summed E-state index contributed by atoms with van der Waals surface area (Å²) >= 11 is 0. The number of anilines is 1. The number of carbonyl (C=O) groups is 1. The van der Waals surface area contributed by atoms with Crippen LogP contribution in [0.5, 0.6) is 0 Å². The van der Waals surface area contributed by atoms with Gasteiger partial charge < -0.3 is 4.74 Å². The number of amides is 1. The lowest BCUT2D eigenvalue weighted by molar-refractivity contribution is -0.384. The van der Waals surface area contributed by atoms with Gasteiger partial charge in [0.1, 0.15) is 11.3 Å². The highest BCUT2D eigenvalue weighted by Crippen LogP contribution is 2.37. The third-order valence-electron chi connectivity index (χ3n) is 2.78. The Labute approximate surface area is 111 Å². The number of hydrogen-bond acceptors (Lipinski definition) is 4. The Balaban J connectivity index is 2.36. The lowest BCUT2D eigenvalue weighted by Crippen LogP contribution is -2.36. The average Bonchev–Trinajstić information content (AvgIpc) is 2.69. The number of carbonyl (C=O) groups excluding carboxylic acids is 1. The molecule has 1 aliphatic heterocycles. The van der Waals surface area contributed by atoms with Crippen molar-refractivity contribution in [2.45, 2.75) is 32.8 Å². The van der Waals surface area contributed by atoms with Gasteiger partial charge >= 0.3 is 6.09 Å². The maximum atomic E-state index is 12.1. The number of benzene rings is 1. The van der Waals surface area contributed by atoms with Crippen molar-refractivity contribution < 1.29 is 14.5 Å². The molecule has 0 aliphatic carbocycles. The van der Waals surface area contributed by atoms with Crippen LogP contribution in [0.4, 0.5) is 16.2 Å². The van der Waals surface area contributed by atoms with E-state index in [9.17, 15) is 14.9 Å². The zero-order valence-corrected chi connectivity index (χ0v) is 11.2. The molecule has 0 saturated carbocycles. The van der Waals surface area contributed by atoms with Gasteiger partial charge in [-0.05, 0) is 32.8 Å². The molecule has 1 heterocycles. The van der Waals surface area contributed by atoms with Crippen molar-refractivity contribution in [3.05, 3.63) is 33.9 Å². The van der Waals surface area contributed by atoms with Crippen LogP contribution in [0.2, 0.25) is 0 Å². The summed E-state index contributed by atoms with van der Waals surface area (Å²) < 4.78 is 5.28. The van der Waals surface area contributed by atoms with E-state index in [0.717, 1.165) is 5.56 Å². The van der Waals surface area contributed by atoms with Gasteiger partial charge in [0.2, 0.25) is 0 Å². The average molecular weight is 264 g/mol. The molecule has 0 spiro atoms. The van der Waals surface area contributed by atoms with Crippen molar-refractivity contribution in [3.8, 4) is 0 Å². The smallest absolute Gasteiger partial charge is 0.415 e. The van der Waals surface area contributed by atoms with E-state index in [-0.39, 0.29) is 5.69 Å². The first kappa shape index (κ1) is 13.3. The van der Waals surface area contributed by atoms with E-state index in [1.54, 1.807) is 32.9 Å². The minimum absolute atomic E-state index is 0.0548. The fourth-order valence-corrected chi connectivity index (χ4v) is 2.08. The van der Waals surface area contributed by atoms with Gasteiger partial charge in [-0.15, -0.1) is 0 Å². The van der Waals surface area contributed by atoms with Crippen LogP contribution in [-0.4, -0.2) is 23.2 Å². The number of nitro benzene ring substituents is 1. The number of rotatable bonds is 1. The Kier molecular flexibility index (Phi) is 3.18. The predicted molar refractivity (Wildman–Crippen MR) is 70.4 cm³/mol. The third kappa shape index (κ3) is 2.67. The van der Waals surface area contributed by atoms with Crippen LogP contribution in [0.3, 0.4) is 0 Å². The Morgan fingerprint density at radius 2 is 2.11 bits per heavy atom. The highest BCUT2D eigenvalue weighted by Gasteiger charge is 2.34. The van der Waals surface area contributed by atoms with E-state index in [2.05, 4.69) is 0 Å². The SMILES string of the molecule is CC(C)(C)OC(=O)N1CCc2cccc([N+](=O)[O-])c21. The molecule has 1 aromatic rings. The molecule has 0 bridgehead atoms. The molecule has 0 fully saturated rings. The van der Waals surface area contributed by atoms with Crippen LogP contribution >= 0.6 is 0 Å². The number of ether oxygens (including phenoxy) is 1. The number of nitro groups is 1. The fourth-order valence-electron chi connectivity index (χ4n) is 2.08. The normalized spacial score (nSPS) is 14.2. The van der Waals surface area contributed by atoms with Gasteiger partial charge in [0.15, 0.2) is 0 Å². The number of para-hydroxylation sites is 1. The van der Waals surface area contributed by atoms with Gasteiger partial charge in [0, 0.05) is 12.6 Å². The molecule has 102 valence electrons. The molecular weight excluding hydrogens is 248 g/mol. The van der Waals surface area contributed by atoms with Crippen LogP contribution in [0.25, 0.3) is 0 Å². The van der Waals surface area contributed by atoms with Gasteiger partial charge in [0.25, 0.3) is 5.69 Å². The van der Waals surface area contributed by atoms with Crippen LogP contribution in [0.1, 0.15) is 26.3 Å². The van der Waals surface area contributed by atoms with Gasteiger partial charge in [-0.3, -0.25) is 15.0 Å². The maximum Gasteiger partial charge on any atom is 0.415 e. The second kappa shape index (κ2) is 4.53. The van der Waals surface area contributed by atoms with E-state index in [0.29, 0.717) is 18.7 Å². The zero-order chi connectivity index (χ0) is 14.2. The molecule has 1 aromatic carbocycles. The molecule has 0 aromatic heterocycles. The van der Waals surface area contributed by atoms with Crippen molar-refractivity contribution in [3.63, 3.8) is 0 Å². The first-order chi connectivity index (χ1) is 8.79. The zero-order valence-electron chi connectivity index (χ0n) is 11.2. The second-order valence-corrected chi connectivity index (χ2v) is 5.42. The summed E-state index contributed by atoms with van der Waals surface area (Å²) in [4.78, 5) is 24.0. The largest absolute Gasteiger partial charge is 0.443 e. The molecule has 0 saturated heterocycles. The van der Waals surface area contributed by atoms with Crippen LogP contribution in [0, 0.1) is 10.1 Å². The summed E-state index contributed by atoms with van der Waals surface area (Å²) in [6, 6.07) is 4.84. The monoisotopic (exact) mass is 264 g/mol. The van der Waals surface area contributed by atoms with Crippen molar-refractivity contribution in [1.82, 2.24) is 0 Å². The van der Waals surface area contributed by atoms with E-state index >= 15 is 0 Å². The summed E-state index contributed by atoms with van der Waals surface area (Å²) in [5.74, 6) is 0. The fraction of sp³-hybridized carbons (Fsp3) is 0.462. The third-order valence-corrected chi connectivity index (χ3v) is 2.78. The molecule has 6 heteroatoms.